The van der Waals surface area contributed by atoms with Crippen molar-refractivity contribution in [2.45, 2.75) is 19.4 Å². The van der Waals surface area contributed by atoms with Gasteiger partial charge in [0, 0.05) is 18.5 Å². The van der Waals surface area contributed by atoms with E-state index in [1.807, 2.05) is 12.1 Å². The van der Waals surface area contributed by atoms with Crippen LogP contribution in [0.4, 0.5) is 8.78 Å². The molecule has 0 saturated carbocycles. The number of carbonyl (C=O) groups excluding carboxylic acids is 1. The van der Waals surface area contributed by atoms with Crippen LogP contribution in [-0.2, 0) is 24.2 Å². The van der Waals surface area contributed by atoms with Crippen LogP contribution in [0, 0.1) is 11.6 Å². The smallest absolute Gasteiger partial charge is 0.256 e. The van der Waals surface area contributed by atoms with Crippen molar-refractivity contribution in [3.05, 3.63) is 81.3 Å². The van der Waals surface area contributed by atoms with E-state index in [-0.39, 0.29) is 35.8 Å². The van der Waals surface area contributed by atoms with E-state index in [0.29, 0.717) is 30.0 Å². The van der Waals surface area contributed by atoms with Crippen LogP contribution in [0.1, 0.15) is 16.8 Å². The van der Waals surface area contributed by atoms with Gasteiger partial charge in [-0.25, -0.2) is 13.8 Å². The van der Waals surface area contributed by atoms with Crippen molar-refractivity contribution in [2.75, 3.05) is 13.7 Å². The van der Waals surface area contributed by atoms with Crippen LogP contribution in [0.25, 0.3) is 11.4 Å². The highest BCUT2D eigenvalue weighted by molar-refractivity contribution is 5.79. The van der Waals surface area contributed by atoms with E-state index in [1.54, 1.807) is 24.1 Å². The van der Waals surface area contributed by atoms with Crippen molar-refractivity contribution in [3.8, 4) is 17.1 Å². The Morgan fingerprint density at radius 1 is 1.17 bits per heavy atom. The minimum atomic E-state index is -1.01. The molecule has 154 valence electrons. The highest BCUT2D eigenvalue weighted by Crippen LogP contribution is 2.21. The van der Waals surface area contributed by atoms with Gasteiger partial charge in [0.25, 0.3) is 5.56 Å². The molecule has 0 spiro atoms. The molecule has 0 atom stereocenters. The second kappa shape index (κ2) is 8.06. The Morgan fingerprint density at radius 3 is 2.63 bits per heavy atom. The third-order valence-corrected chi connectivity index (χ3v) is 5.13. The van der Waals surface area contributed by atoms with Crippen molar-refractivity contribution in [3.63, 3.8) is 0 Å². The molecule has 0 aliphatic carbocycles. The minimum absolute atomic E-state index is 0.0881. The van der Waals surface area contributed by atoms with Crippen molar-refractivity contribution >= 4 is 5.91 Å². The van der Waals surface area contributed by atoms with E-state index in [2.05, 4.69) is 9.97 Å². The Kier molecular flexibility index (Phi) is 5.31. The zero-order valence-corrected chi connectivity index (χ0v) is 16.2. The van der Waals surface area contributed by atoms with E-state index in [4.69, 9.17) is 4.74 Å². The molecule has 6 nitrogen and oxygen atoms in total. The summed E-state index contributed by atoms with van der Waals surface area (Å²) >= 11 is 0. The first kappa shape index (κ1) is 19.8. The molecule has 0 unspecified atom stereocenters. The SMILES string of the molecule is COc1ccc(CC(=O)N2CCc3nc(-c4ccc(F)c(F)c4)[nH]c(=O)c3C2)cc1. The summed E-state index contributed by atoms with van der Waals surface area (Å²) in [7, 11) is 1.58. The highest BCUT2D eigenvalue weighted by Gasteiger charge is 2.25. The average molecular weight is 411 g/mol. The van der Waals surface area contributed by atoms with Gasteiger partial charge in [-0.05, 0) is 35.9 Å². The number of ether oxygens (including phenoxy) is 1. The lowest BCUT2D eigenvalue weighted by Crippen LogP contribution is -2.40. The average Bonchev–Trinajstić information content (AvgIpc) is 2.76. The van der Waals surface area contributed by atoms with Crippen LogP contribution < -0.4 is 10.3 Å². The summed E-state index contributed by atoms with van der Waals surface area (Å²) in [4.78, 5) is 33.9. The number of benzene rings is 2. The fraction of sp³-hybridized carbons (Fsp3) is 0.227. The van der Waals surface area contributed by atoms with Crippen LogP contribution in [0.5, 0.6) is 5.75 Å². The Balaban J connectivity index is 1.52. The van der Waals surface area contributed by atoms with Crippen LogP contribution >= 0.6 is 0 Å². The molecule has 1 aliphatic rings. The van der Waals surface area contributed by atoms with Gasteiger partial charge in [-0.2, -0.15) is 0 Å². The maximum atomic E-state index is 13.5. The third kappa shape index (κ3) is 3.94. The Bertz CT molecular complexity index is 1160. The topological polar surface area (TPSA) is 75.3 Å². The number of halogens is 2. The van der Waals surface area contributed by atoms with Crippen LogP contribution in [0.3, 0.4) is 0 Å². The lowest BCUT2D eigenvalue weighted by atomic mass is 10.0. The molecule has 8 heteroatoms. The van der Waals surface area contributed by atoms with E-state index >= 15 is 0 Å². The number of carbonyl (C=O) groups is 1. The number of methoxy groups -OCH3 is 1. The van der Waals surface area contributed by atoms with Gasteiger partial charge >= 0.3 is 0 Å². The van der Waals surface area contributed by atoms with E-state index < -0.39 is 11.6 Å². The highest BCUT2D eigenvalue weighted by atomic mass is 19.2. The quantitative estimate of drug-likeness (QED) is 0.717. The Labute approximate surface area is 171 Å². The summed E-state index contributed by atoms with van der Waals surface area (Å²) < 4.78 is 31.8. The number of hydrogen-bond donors (Lipinski definition) is 1. The molecular formula is C22H19F2N3O3. The number of aromatic amines is 1. The molecule has 2 aromatic carbocycles. The van der Waals surface area contributed by atoms with E-state index in [9.17, 15) is 18.4 Å². The first-order valence-electron chi connectivity index (χ1n) is 9.43. The molecule has 0 radical (unpaired) electrons. The molecule has 1 aliphatic heterocycles. The summed E-state index contributed by atoms with van der Waals surface area (Å²) in [6, 6.07) is 10.6. The number of nitrogens with zero attached hydrogens (tertiary/aromatic N) is 2. The Hall–Kier alpha value is -3.55. The van der Waals surface area contributed by atoms with Crippen LogP contribution in [0.2, 0.25) is 0 Å². The predicted octanol–water partition coefficient (Wildman–Crippen LogP) is 2.85. The van der Waals surface area contributed by atoms with Gasteiger partial charge in [-0.3, -0.25) is 9.59 Å². The van der Waals surface area contributed by atoms with Crippen molar-refractivity contribution in [1.29, 1.82) is 0 Å². The zero-order valence-electron chi connectivity index (χ0n) is 16.2. The Morgan fingerprint density at radius 2 is 1.93 bits per heavy atom. The zero-order chi connectivity index (χ0) is 21.3. The van der Waals surface area contributed by atoms with E-state index in [0.717, 1.165) is 17.7 Å². The summed E-state index contributed by atoms with van der Waals surface area (Å²) in [6.45, 7) is 0.584. The third-order valence-electron chi connectivity index (χ3n) is 5.13. The molecule has 2 heterocycles. The molecule has 4 rings (SSSR count). The summed E-state index contributed by atoms with van der Waals surface area (Å²) in [5, 5.41) is 0. The number of amides is 1. The van der Waals surface area contributed by atoms with Gasteiger partial charge < -0.3 is 14.6 Å². The van der Waals surface area contributed by atoms with Gasteiger partial charge in [0.15, 0.2) is 11.6 Å². The number of hydrogen-bond acceptors (Lipinski definition) is 4. The number of fused-ring (bicyclic) bond motifs is 1. The normalized spacial score (nSPS) is 13.1. The molecule has 1 aromatic heterocycles. The molecule has 1 amide bonds. The molecule has 0 bridgehead atoms. The first-order chi connectivity index (χ1) is 14.4. The molecule has 30 heavy (non-hydrogen) atoms. The number of H-pyrrole nitrogens is 1. The second-order valence-corrected chi connectivity index (χ2v) is 7.06. The predicted molar refractivity (Wildman–Crippen MR) is 106 cm³/mol. The first-order valence-corrected chi connectivity index (χ1v) is 9.43. The van der Waals surface area contributed by atoms with Crippen LogP contribution in [-0.4, -0.2) is 34.4 Å². The number of nitrogens with one attached hydrogen (secondary N) is 1. The molecule has 0 fully saturated rings. The van der Waals surface area contributed by atoms with Gasteiger partial charge in [0.05, 0.1) is 31.3 Å². The second-order valence-electron chi connectivity index (χ2n) is 7.06. The lowest BCUT2D eigenvalue weighted by molar-refractivity contribution is -0.131. The summed E-state index contributed by atoms with van der Waals surface area (Å²) in [5.41, 5.74) is 1.73. The van der Waals surface area contributed by atoms with Gasteiger partial charge in [-0.1, -0.05) is 12.1 Å². The maximum Gasteiger partial charge on any atom is 0.256 e. The summed E-state index contributed by atoms with van der Waals surface area (Å²) in [6.07, 6.45) is 0.627. The standard InChI is InChI=1S/C22H19F2N3O3/c1-30-15-5-2-13(3-6-15)10-20(28)27-9-8-19-16(12-27)22(29)26-21(25-19)14-4-7-17(23)18(24)11-14/h2-7,11H,8-10,12H2,1H3,(H,25,26,29). The minimum Gasteiger partial charge on any atom is -0.497 e. The number of rotatable bonds is 4. The molecule has 1 N–H and O–H groups in total. The maximum absolute atomic E-state index is 13.5. The van der Waals surface area contributed by atoms with Crippen molar-refractivity contribution in [2.24, 2.45) is 0 Å². The van der Waals surface area contributed by atoms with E-state index in [1.165, 1.54) is 6.07 Å². The molecular weight excluding hydrogens is 392 g/mol. The van der Waals surface area contributed by atoms with Crippen molar-refractivity contribution < 1.29 is 18.3 Å². The lowest BCUT2D eigenvalue weighted by Gasteiger charge is -2.28. The monoisotopic (exact) mass is 411 g/mol. The van der Waals surface area contributed by atoms with Gasteiger partial charge in [-0.15, -0.1) is 0 Å². The molecule has 3 aromatic rings. The van der Waals surface area contributed by atoms with Crippen LogP contribution in [0.15, 0.2) is 47.3 Å². The number of aromatic nitrogens is 2. The fourth-order valence-electron chi connectivity index (χ4n) is 3.45. The van der Waals surface area contributed by atoms with Crippen molar-refractivity contribution in [1.82, 2.24) is 14.9 Å². The summed E-state index contributed by atoms with van der Waals surface area (Å²) in [5.74, 6) is -1.17. The molecule has 0 saturated heterocycles. The largest absolute Gasteiger partial charge is 0.497 e. The van der Waals surface area contributed by atoms with Gasteiger partial charge in [0.2, 0.25) is 5.91 Å². The van der Waals surface area contributed by atoms with Gasteiger partial charge in [0.1, 0.15) is 11.6 Å². The fourth-order valence-corrected chi connectivity index (χ4v) is 3.45.